The van der Waals surface area contributed by atoms with Gasteiger partial charge in [-0.05, 0) is 12.8 Å². The van der Waals surface area contributed by atoms with Gasteiger partial charge in [0, 0.05) is 5.92 Å². The molecule has 0 unspecified atom stereocenters. The standard InChI is InChI=1S/C10H15N3O3/c14-8(15)5-6-13-10(16)11-9(12-13)7-3-1-2-4-7/h7H,1-6H2,(H,14,15)(H,11,12,16). The maximum absolute atomic E-state index is 11.5. The van der Waals surface area contributed by atoms with Crippen LogP contribution in [0.4, 0.5) is 0 Å². The Labute approximate surface area is 92.3 Å². The van der Waals surface area contributed by atoms with Crippen LogP contribution in [0.3, 0.4) is 0 Å². The molecule has 1 saturated carbocycles. The summed E-state index contributed by atoms with van der Waals surface area (Å²) in [6, 6.07) is 0. The van der Waals surface area contributed by atoms with Crippen molar-refractivity contribution in [2.75, 3.05) is 0 Å². The summed E-state index contributed by atoms with van der Waals surface area (Å²) < 4.78 is 1.21. The highest BCUT2D eigenvalue weighted by molar-refractivity contribution is 5.66. The molecule has 0 aromatic carbocycles. The number of nitrogens with one attached hydrogen (secondary N) is 1. The summed E-state index contributed by atoms with van der Waals surface area (Å²) >= 11 is 0. The topological polar surface area (TPSA) is 88.0 Å². The molecule has 1 aliphatic rings. The van der Waals surface area contributed by atoms with Crippen LogP contribution in [0, 0.1) is 0 Å². The van der Waals surface area contributed by atoms with Crippen molar-refractivity contribution in [3.63, 3.8) is 0 Å². The van der Waals surface area contributed by atoms with E-state index < -0.39 is 5.97 Å². The van der Waals surface area contributed by atoms with Crippen LogP contribution in [0.5, 0.6) is 0 Å². The second-order valence-corrected chi connectivity index (χ2v) is 4.16. The molecule has 0 amide bonds. The Hall–Kier alpha value is -1.59. The Morgan fingerprint density at radius 2 is 2.19 bits per heavy atom. The molecular formula is C10H15N3O3. The zero-order valence-corrected chi connectivity index (χ0v) is 8.98. The zero-order chi connectivity index (χ0) is 11.5. The van der Waals surface area contributed by atoms with E-state index >= 15 is 0 Å². The number of aromatic amines is 1. The van der Waals surface area contributed by atoms with Gasteiger partial charge >= 0.3 is 11.7 Å². The van der Waals surface area contributed by atoms with E-state index in [0.717, 1.165) is 12.8 Å². The van der Waals surface area contributed by atoms with Crippen molar-refractivity contribution in [1.82, 2.24) is 14.8 Å². The van der Waals surface area contributed by atoms with Crippen LogP contribution in [0.15, 0.2) is 4.79 Å². The Morgan fingerprint density at radius 3 is 2.81 bits per heavy atom. The predicted molar refractivity (Wildman–Crippen MR) is 56.3 cm³/mol. The molecule has 6 heteroatoms. The molecule has 1 aliphatic carbocycles. The monoisotopic (exact) mass is 225 g/mol. The maximum Gasteiger partial charge on any atom is 0.343 e. The van der Waals surface area contributed by atoms with E-state index in [-0.39, 0.29) is 18.7 Å². The number of nitrogens with zero attached hydrogens (tertiary/aromatic N) is 2. The molecule has 16 heavy (non-hydrogen) atoms. The number of carboxylic acid groups (broad SMARTS) is 1. The molecule has 88 valence electrons. The van der Waals surface area contributed by atoms with Crippen molar-refractivity contribution in [2.24, 2.45) is 0 Å². The van der Waals surface area contributed by atoms with Crippen molar-refractivity contribution in [1.29, 1.82) is 0 Å². The van der Waals surface area contributed by atoms with Crippen molar-refractivity contribution in [2.45, 2.75) is 44.6 Å². The van der Waals surface area contributed by atoms with E-state index in [1.165, 1.54) is 17.5 Å². The van der Waals surface area contributed by atoms with Gasteiger partial charge in [-0.2, -0.15) is 5.10 Å². The Bertz CT molecular complexity index is 429. The molecule has 0 aliphatic heterocycles. The van der Waals surface area contributed by atoms with Crippen LogP contribution in [0.2, 0.25) is 0 Å². The van der Waals surface area contributed by atoms with Gasteiger partial charge in [0.15, 0.2) is 0 Å². The number of carbonyl (C=O) groups is 1. The highest BCUT2D eigenvalue weighted by Gasteiger charge is 2.21. The number of hydrogen-bond donors (Lipinski definition) is 2. The second kappa shape index (κ2) is 4.51. The smallest absolute Gasteiger partial charge is 0.343 e. The van der Waals surface area contributed by atoms with Crippen molar-refractivity contribution < 1.29 is 9.90 Å². The maximum atomic E-state index is 11.5. The number of aromatic nitrogens is 3. The number of H-pyrrole nitrogens is 1. The summed E-state index contributed by atoms with van der Waals surface area (Å²) in [7, 11) is 0. The van der Waals surface area contributed by atoms with E-state index in [1.807, 2.05) is 0 Å². The summed E-state index contributed by atoms with van der Waals surface area (Å²) in [5.74, 6) is 0.143. The molecular weight excluding hydrogens is 210 g/mol. The number of aryl methyl sites for hydroxylation is 1. The third-order valence-electron chi connectivity index (χ3n) is 2.98. The third-order valence-corrected chi connectivity index (χ3v) is 2.98. The SMILES string of the molecule is O=C(O)CCn1nc(C2CCCC2)[nH]c1=O. The minimum Gasteiger partial charge on any atom is -0.481 e. The number of carboxylic acids is 1. The predicted octanol–water partition coefficient (Wildman–Crippen LogP) is 0.704. The summed E-state index contributed by atoms with van der Waals surface area (Å²) in [4.78, 5) is 24.6. The first-order valence-corrected chi connectivity index (χ1v) is 5.55. The summed E-state index contributed by atoms with van der Waals surface area (Å²) in [6.45, 7) is 0.136. The lowest BCUT2D eigenvalue weighted by molar-refractivity contribution is -0.137. The average molecular weight is 225 g/mol. The summed E-state index contributed by atoms with van der Waals surface area (Å²) in [5.41, 5.74) is -0.303. The first-order chi connectivity index (χ1) is 7.66. The third kappa shape index (κ3) is 2.32. The normalized spacial score (nSPS) is 16.8. The van der Waals surface area contributed by atoms with E-state index in [9.17, 15) is 9.59 Å². The lowest BCUT2D eigenvalue weighted by Crippen LogP contribution is -2.19. The lowest BCUT2D eigenvalue weighted by atomic mass is 10.1. The number of hydrogen-bond acceptors (Lipinski definition) is 3. The molecule has 1 aromatic rings. The minimum absolute atomic E-state index is 0.0745. The van der Waals surface area contributed by atoms with Gasteiger partial charge in [0.2, 0.25) is 0 Å². The van der Waals surface area contributed by atoms with Crippen LogP contribution in [-0.4, -0.2) is 25.8 Å². The van der Waals surface area contributed by atoms with Crippen molar-refractivity contribution in [3.8, 4) is 0 Å². The highest BCUT2D eigenvalue weighted by Crippen LogP contribution is 2.31. The fourth-order valence-corrected chi connectivity index (χ4v) is 2.11. The molecule has 1 heterocycles. The van der Waals surface area contributed by atoms with Crippen LogP contribution in [0.25, 0.3) is 0 Å². The fraction of sp³-hybridized carbons (Fsp3) is 0.700. The quantitative estimate of drug-likeness (QED) is 0.789. The van der Waals surface area contributed by atoms with Crippen LogP contribution < -0.4 is 5.69 Å². The molecule has 6 nitrogen and oxygen atoms in total. The Kier molecular flexibility index (Phi) is 3.07. The molecule has 2 rings (SSSR count). The van der Waals surface area contributed by atoms with Gasteiger partial charge in [-0.15, -0.1) is 0 Å². The van der Waals surface area contributed by atoms with Crippen LogP contribution >= 0.6 is 0 Å². The molecule has 0 atom stereocenters. The molecule has 2 N–H and O–H groups in total. The zero-order valence-electron chi connectivity index (χ0n) is 8.98. The van der Waals surface area contributed by atoms with Gasteiger partial charge in [-0.3, -0.25) is 9.78 Å². The summed E-state index contributed by atoms with van der Waals surface area (Å²) in [5, 5.41) is 12.7. The van der Waals surface area contributed by atoms with E-state index in [0.29, 0.717) is 11.7 Å². The van der Waals surface area contributed by atoms with E-state index in [2.05, 4.69) is 10.1 Å². The second-order valence-electron chi connectivity index (χ2n) is 4.16. The first kappa shape index (κ1) is 10.9. The number of aliphatic carboxylic acids is 1. The molecule has 0 saturated heterocycles. The van der Waals surface area contributed by atoms with Gasteiger partial charge in [0.05, 0.1) is 13.0 Å². The van der Waals surface area contributed by atoms with Crippen molar-refractivity contribution >= 4 is 5.97 Å². The Balaban J connectivity index is 2.08. The largest absolute Gasteiger partial charge is 0.481 e. The highest BCUT2D eigenvalue weighted by atomic mass is 16.4. The number of rotatable bonds is 4. The van der Waals surface area contributed by atoms with Gasteiger partial charge in [-0.1, -0.05) is 12.8 Å². The fourth-order valence-electron chi connectivity index (χ4n) is 2.11. The van der Waals surface area contributed by atoms with Gasteiger partial charge < -0.3 is 5.11 Å². The first-order valence-electron chi connectivity index (χ1n) is 5.55. The molecule has 1 fully saturated rings. The van der Waals surface area contributed by atoms with Gasteiger partial charge in [0.1, 0.15) is 5.82 Å². The van der Waals surface area contributed by atoms with E-state index in [4.69, 9.17) is 5.11 Å². The minimum atomic E-state index is -0.919. The van der Waals surface area contributed by atoms with Gasteiger partial charge in [0.25, 0.3) is 0 Å². The molecule has 0 radical (unpaired) electrons. The van der Waals surface area contributed by atoms with Gasteiger partial charge in [-0.25, -0.2) is 9.48 Å². The summed E-state index contributed by atoms with van der Waals surface area (Å²) in [6.07, 6.45) is 4.40. The lowest BCUT2D eigenvalue weighted by Gasteiger charge is -2.02. The Morgan fingerprint density at radius 1 is 1.50 bits per heavy atom. The molecule has 1 aromatic heterocycles. The van der Waals surface area contributed by atoms with E-state index in [1.54, 1.807) is 0 Å². The van der Waals surface area contributed by atoms with Crippen LogP contribution in [-0.2, 0) is 11.3 Å². The van der Waals surface area contributed by atoms with Crippen LogP contribution in [0.1, 0.15) is 43.8 Å². The average Bonchev–Trinajstić information content (AvgIpc) is 2.83. The molecule has 0 bridgehead atoms. The molecule has 0 spiro atoms. The van der Waals surface area contributed by atoms with Crippen molar-refractivity contribution in [3.05, 3.63) is 16.3 Å².